The molecule has 6 aromatic carbocycles. The summed E-state index contributed by atoms with van der Waals surface area (Å²) in [6.07, 6.45) is 10.1. The van der Waals surface area contributed by atoms with Crippen LogP contribution in [0.4, 0.5) is 0 Å². The molecule has 2 aliphatic carbocycles. The molecule has 0 radical (unpaired) electrons. The fourth-order valence-corrected chi connectivity index (χ4v) is 8.20. The normalized spacial score (nSPS) is 13.6. The maximum atomic E-state index is 2.52. The van der Waals surface area contributed by atoms with Crippen molar-refractivity contribution < 1.29 is 50.7 Å². The Hall–Kier alpha value is -3.37. The molecule has 2 heterocycles. The monoisotopic (exact) mass is 818 g/mol. The summed E-state index contributed by atoms with van der Waals surface area (Å²) in [5.74, 6) is 0. The maximum absolute atomic E-state index is 2.52. The van der Waals surface area contributed by atoms with Gasteiger partial charge >= 0.3 is 25.8 Å². The first-order valence-corrected chi connectivity index (χ1v) is 16.4. The zero-order valence-electron chi connectivity index (χ0n) is 26.4. The van der Waals surface area contributed by atoms with Gasteiger partial charge in [-0.1, -0.05) is 143 Å². The Morgan fingerprint density at radius 3 is 1.28 bits per heavy atom. The van der Waals surface area contributed by atoms with E-state index in [-0.39, 0.29) is 50.7 Å². The second-order valence-electron chi connectivity index (χ2n) is 12.6. The zero-order valence-corrected chi connectivity index (χ0v) is 31.5. The molecule has 0 atom stereocenters. The van der Waals surface area contributed by atoms with Crippen molar-refractivity contribution in [3.05, 3.63) is 144 Å². The first-order valence-electron chi connectivity index (χ1n) is 16.4. The third-order valence-electron chi connectivity index (χ3n) is 10.2. The molecule has 47 heavy (non-hydrogen) atoms. The molecule has 2 aromatic heterocycles. The van der Waals surface area contributed by atoms with Gasteiger partial charge in [0, 0.05) is 0 Å². The van der Waals surface area contributed by atoms with Crippen LogP contribution < -0.4 is 24.8 Å². The van der Waals surface area contributed by atoms with Crippen molar-refractivity contribution in [2.75, 3.05) is 0 Å². The van der Waals surface area contributed by atoms with E-state index in [9.17, 15) is 0 Å². The number of benzene rings is 4. The topological polar surface area (TPSA) is 9.86 Å². The third-order valence-corrected chi connectivity index (χ3v) is 10.2. The van der Waals surface area contributed by atoms with E-state index >= 15 is 0 Å². The molecule has 0 amide bonds. The van der Waals surface area contributed by atoms with Gasteiger partial charge in [-0.25, -0.2) is 0 Å². The molecule has 0 unspecified atom stereocenters. The molecule has 0 fully saturated rings. The number of hydrogen-bond acceptors (Lipinski definition) is 0. The van der Waals surface area contributed by atoms with E-state index in [2.05, 4.69) is 130 Å². The Labute approximate surface area is 307 Å². The Morgan fingerprint density at radius 2 is 0.809 bits per heavy atom. The Balaban J connectivity index is 0.000000155. The fourth-order valence-electron chi connectivity index (χ4n) is 8.20. The molecule has 0 saturated heterocycles. The minimum absolute atomic E-state index is 0. The molecule has 0 spiro atoms. The summed E-state index contributed by atoms with van der Waals surface area (Å²) in [6, 6.07) is 44.3. The fraction of sp³-hybridized carbons (Fsp3) is 0.190. The number of aryl methyl sites for hydroxylation is 2. The summed E-state index contributed by atoms with van der Waals surface area (Å²) in [4.78, 5) is 0. The van der Waals surface area contributed by atoms with Crippen LogP contribution in [0, 0.1) is 0 Å². The van der Waals surface area contributed by atoms with Gasteiger partial charge in [0.15, 0.2) is 0 Å². The Bertz CT molecular complexity index is 2150. The molecule has 0 saturated carbocycles. The second kappa shape index (κ2) is 14.0. The number of nitrogens with zero attached hydrogens (tertiary/aromatic N) is 2. The second-order valence-corrected chi connectivity index (χ2v) is 12.6. The van der Waals surface area contributed by atoms with E-state index in [0.29, 0.717) is 0 Å². The zero-order chi connectivity index (χ0) is 29.0. The average Bonchev–Trinajstić information content (AvgIpc) is 3.86. The number of aromatic nitrogens is 2. The standard InChI is InChI=1S/2C21H18N.2ClH.Hf/c2*1-2-8-16-15(7-1)13-14-21(16)22-19-11-5-3-9-17(19)18-10-4-6-12-20(18)22;;;/h2*1-3,5,7-9,11,13-14H,4,6,10,12H2;2*1H;/q2*-1;;;+4/p-2. The quantitative estimate of drug-likeness (QED) is 0.176. The maximum Gasteiger partial charge on any atom is 4.00 e. The van der Waals surface area contributed by atoms with E-state index in [1.165, 1.54) is 117 Å². The SMILES string of the molecule is [Cl-].[Cl-].[Hf+4].c1ccc2c(c1)cc[c-]2-n1c2c(c3ccccc31)CCCC2.c1ccc2c(c1)cc[c-]2-n1c2c(c3ccccc31)CCCC2. The molecule has 0 N–H and O–H groups in total. The number of para-hydroxylation sites is 2. The van der Waals surface area contributed by atoms with Crippen molar-refractivity contribution in [3.8, 4) is 11.4 Å². The molecule has 0 bridgehead atoms. The van der Waals surface area contributed by atoms with Crippen molar-refractivity contribution in [2.24, 2.45) is 0 Å². The molecule has 2 aliphatic rings. The molecular weight excluding hydrogens is 782 g/mol. The predicted octanol–water partition coefficient (Wildman–Crippen LogP) is 4.77. The summed E-state index contributed by atoms with van der Waals surface area (Å²) in [5.41, 5.74) is 11.6. The largest absolute Gasteiger partial charge is 4.00 e. The van der Waals surface area contributed by atoms with Crippen LogP contribution in [0.2, 0.25) is 0 Å². The molecular formula is C42H36Cl2HfN2. The average molecular weight is 818 g/mol. The van der Waals surface area contributed by atoms with Crippen LogP contribution in [-0.2, 0) is 51.5 Å². The first kappa shape index (κ1) is 33.5. The van der Waals surface area contributed by atoms with Gasteiger partial charge in [-0.05, 0) is 83.1 Å². The van der Waals surface area contributed by atoms with Crippen LogP contribution in [-0.4, -0.2) is 9.13 Å². The van der Waals surface area contributed by atoms with E-state index in [4.69, 9.17) is 0 Å². The first-order chi connectivity index (χ1) is 21.9. The van der Waals surface area contributed by atoms with Gasteiger partial charge in [-0.3, -0.25) is 0 Å². The molecule has 5 heteroatoms. The molecule has 2 nitrogen and oxygen atoms in total. The molecule has 232 valence electrons. The number of hydrogen-bond donors (Lipinski definition) is 0. The van der Waals surface area contributed by atoms with Crippen LogP contribution in [0.5, 0.6) is 0 Å². The third kappa shape index (κ3) is 5.55. The number of halogens is 2. The number of rotatable bonds is 2. The molecule has 8 aromatic rings. The van der Waals surface area contributed by atoms with Gasteiger partial charge in [-0.2, -0.15) is 0 Å². The van der Waals surface area contributed by atoms with Gasteiger partial charge in [0.05, 0.1) is 0 Å². The van der Waals surface area contributed by atoms with Crippen LogP contribution in [0.25, 0.3) is 54.7 Å². The van der Waals surface area contributed by atoms with Crippen LogP contribution >= 0.6 is 0 Å². The van der Waals surface area contributed by atoms with Gasteiger partial charge in [0.2, 0.25) is 0 Å². The van der Waals surface area contributed by atoms with E-state index in [1.54, 1.807) is 11.1 Å². The minimum atomic E-state index is 0. The van der Waals surface area contributed by atoms with Crippen molar-refractivity contribution >= 4 is 43.4 Å². The predicted molar refractivity (Wildman–Crippen MR) is 186 cm³/mol. The summed E-state index contributed by atoms with van der Waals surface area (Å²) >= 11 is 0. The van der Waals surface area contributed by atoms with E-state index in [0.717, 1.165) is 0 Å². The summed E-state index contributed by atoms with van der Waals surface area (Å²) < 4.78 is 5.04. The van der Waals surface area contributed by atoms with Crippen molar-refractivity contribution in [2.45, 2.75) is 51.4 Å². The Kier molecular flexibility index (Phi) is 9.99. The molecule has 10 rings (SSSR count). The van der Waals surface area contributed by atoms with Crippen LogP contribution in [0.15, 0.2) is 121 Å². The Morgan fingerprint density at radius 1 is 0.426 bits per heavy atom. The van der Waals surface area contributed by atoms with Gasteiger partial charge in [-0.15, -0.1) is 24.3 Å². The minimum Gasteiger partial charge on any atom is -1.00 e. The van der Waals surface area contributed by atoms with Gasteiger partial charge in [0.1, 0.15) is 0 Å². The smallest absolute Gasteiger partial charge is 1.00 e. The van der Waals surface area contributed by atoms with Crippen molar-refractivity contribution in [1.82, 2.24) is 9.13 Å². The van der Waals surface area contributed by atoms with Gasteiger partial charge < -0.3 is 33.9 Å². The van der Waals surface area contributed by atoms with Crippen LogP contribution in [0.3, 0.4) is 0 Å². The van der Waals surface area contributed by atoms with E-state index in [1.807, 2.05) is 0 Å². The summed E-state index contributed by atoms with van der Waals surface area (Å²) in [5, 5.41) is 8.28. The van der Waals surface area contributed by atoms with Crippen LogP contribution in [0.1, 0.15) is 48.2 Å². The summed E-state index contributed by atoms with van der Waals surface area (Å²) in [6.45, 7) is 0. The van der Waals surface area contributed by atoms with Crippen molar-refractivity contribution in [3.63, 3.8) is 0 Å². The summed E-state index contributed by atoms with van der Waals surface area (Å²) in [7, 11) is 0. The van der Waals surface area contributed by atoms with Gasteiger partial charge in [0.25, 0.3) is 0 Å². The molecule has 0 aliphatic heterocycles. The van der Waals surface area contributed by atoms with E-state index < -0.39 is 0 Å². The van der Waals surface area contributed by atoms with Crippen molar-refractivity contribution in [1.29, 1.82) is 0 Å². The number of fused-ring (bicyclic) bond motifs is 8.